The van der Waals surface area contributed by atoms with Crippen LogP contribution in [0.2, 0.25) is 0 Å². The summed E-state index contributed by atoms with van der Waals surface area (Å²) in [7, 11) is 0. The van der Waals surface area contributed by atoms with Crippen molar-refractivity contribution in [2.24, 2.45) is 23.3 Å². The van der Waals surface area contributed by atoms with Crippen molar-refractivity contribution < 1.29 is 111 Å². The number of carbonyl (C=O) groups excluding carboxylic acids is 19. The van der Waals surface area contributed by atoms with Crippen LogP contribution in [0.5, 0.6) is 5.75 Å². The van der Waals surface area contributed by atoms with Crippen LogP contribution in [-0.4, -0.2) is 284 Å². The average molecular weight is 2100 g/mol. The van der Waals surface area contributed by atoms with Crippen LogP contribution >= 0.6 is 0 Å². The Morgan fingerprint density at radius 1 is 0.513 bits per heavy atom. The molecule has 18 atom stereocenters. The first-order chi connectivity index (χ1) is 70.8. The number of H-pyrrole nitrogens is 1. The highest BCUT2D eigenvalue weighted by molar-refractivity contribution is 6.43. The molecule has 0 fully saturated rings. The number of aliphatic hydroxyl groups excluding tert-OH is 1. The molecule has 0 saturated heterocycles. The van der Waals surface area contributed by atoms with Gasteiger partial charge in [0, 0.05) is 102 Å². The molecule has 0 radical (unpaired) electrons. The van der Waals surface area contributed by atoms with E-state index in [9.17, 15) is 87.2 Å². The highest BCUT2D eigenvalue weighted by Gasteiger charge is 2.45. The number of ketones is 12. The summed E-state index contributed by atoms with van der Waals surface area (Å²) < 4.78 is 0. The molecule has 0 unspecified atom stereocenters. The number of aromatic amines is 1. The van der Waals surface area contributed by atoms with Crippen LogP contribution in [0.3, 0.4) is 0 Å². The monoisotopic (exact) mass is 2100 g/mol. The molecule has 7 amide bonds. The number of aromatic hydroxyl groups is 1. The second kappa shape index (κ2) is 66.0. The van der Waals surface area contributed by atoms with Gasteiger partial charge in [0.1, 0.15) is 41.5 Å². The number of fused-ring (bicyclic) bond motifs is 1. The highest BCUT2D eigenvalue weighted by atomic mass is 16.4. The van der Waals surface area contributed by atoms with Crippen molar-refractivity contribution in [1.29, 1.82) is 0 Å². The van der Waals surface area contributed by atoms with Gasteiger partial charge in [-0.25, -0.2) is 21.7 Å². The summed E-state index contributed by atoms with van der Waals surface area (Å²) in [6.45, 7) is 23.5. The van der Waals surface area contributed by atoms with Crippen molar-refractivity contribution >= 4 is 128 Å². The van der Waals surface area contributed by atoms with E-state index in [-0.39, 0.29) is 176 Å². The highest BCUT2D eigenvalue weighted by Crippen LogP contribution is 2.26. The number of para-hydroxylation sites is 1. The van der Waals surface area contributed by atoms with Crippen molar-refractivity contribution in [1.82, 2.24) is 95.8 Å². The van der Waals surface area contributed by atoms with E-state index >= 15 is 24.0 Å². The Bertz CT molecular complexity index is 5210. The summed E-state index contributed by atoms with van der Waals surface area (Å²) in [6.07, 6.45) is 3.22. The topological polar surface area (TPSA) is 674 Å². The second-order valence-corrected chi connectivity index (χ2v) is 40.6. The number of nitrogens with two attached hydrogens (primary N) is 2. The van der Waals surface area contributed by atoms with E-state index in [1.54, 1.807) is 116 Å². The number of carboxylic acid groups (broad SMARTS) is 1. The number of carboxylic acids is 1. The summed E-state index contributed by atoms with van der Waals surface area (Å²) >= 11 is 0. The zero-order valence-corrected chi connectivity index (χ0v) is 89.5. The molecule has 1 aromatic heterocycles. The standard InChI is InChI=1S/C107H164N20O23/c1-62(2)52-83(119-72(13)129)103(148)122-96(71(12)128)99(144)97(142)82(54-73-30-24-23-25-31-73)126-127-107(15)48-29-22-20-18-16-17-19-21-28-47-106(14,93(138)59-113-67(8)90(135)46-51-112-66(7)89(134)45-50-111-65(6)88(133)44-49-110-64(5)86(131)40-41-87(132)68(9)115-60-117-70(11)101(109)146)123-105(150)84(53-63(3)4)121-102(147)80(38-42-94(108)139)118-61-116-69(10)91(136)57-92(137)81(56-75-58-114-78-33-27-26-32-77(75)78)124-125-85(55-74-34-36-76(130)37-35-74)104(149)120-79(39-43-95(140)141)98(143)100(107)145/h17,19,23-27,30-37,58,62-71,79-85,96,110-118,124-128,130H,16,18,20-22,28-29,38-57,59-61H2,1-15H3,(H2,108,139)(H2,109,146)(H,119,129)(H,120,149)(H,121,147)(H,122,148)(H,123,150)(H,140,141)/t64-,65-,66-,67-,68-,69-,70+,71+,79-,80-,81-,82-,83-,84-,85-,96-,106-,107+/m0/s1. The maximum atomic E-state index is 15.7. The Labute approximate surface area is 878 Å². The van der Waals surface area contributed by atoms with E-state index < -0.39 is 221 Å². The molecule has 43 nitrogen and oxygen atoms in total. The number of amides is 7. The summed E-state index contributed by atoms with van der Waals surface area (Å²) in [4.78, 5) is 282. The Morgan fingerprint density at radius 3 is 1.63 bits per heavy atom. The quantitative estimate of drug-likeness (QED) is 0.00986. The normalized spacial score (nSPS) is 21.4. The van der Waals surface area contributed by atoms with Gasteiger partial charge < -0.3 is 79.6 Å². The van der Waals surface area contributed by atoms with E-state index in [4.69, 9.17) is 11.5 Å². The fourth-order valence-electron chi connectivity index (χ4n) is 16.8. The predicted molar refractivity (Wildman–Crippen MR) is 564 cm³/mol. The molecule has 150 heavy (non-hydrogen) atoms. The molecule has 4 aromatic rings. The number of phenols is 1. The Morgan fingerprint density at radius 2 is 1.05 bits per heavy atom. The van der Waals surface area contributed by atoms with Crippen molar-refractivity contribution in [3.05, 3.63) is 114 Å². The minimum absolute atomic E-state index is 0.00490. The third kappa shape index (κ3) is 46.1. The van der Waals surface area contributed by atoms with E-state index in [0.717, 1.165) is 0 Å². The maximum Gasteiger partial charge on any atom is 0.303 e. The number of carbonyl (C=O) groups is 20. The summed E-state index contributed by atoms with van der Waals surface area (Å²) in [5.41, 5.74) is 21.0. The zero-order valence-electron chi connectivity index (χ0n) is 89.5. The lowest BCUT2D eigenvalue weighted by Crippen LogP contribution is -2.65. The van der Waals surface area contributed by atoms with E-state index in [1.165, 1.54) is 58.9 Å². The van der Waals surface area contributed by atoms with Gasteiger partial charge in [0.15, 0.2) is 34.7 Å². The molecule has 2 heterocycles. The zero-order chi connectivity index (χ0) is 112. The number of Topliss-reactive ketones (excluding diaryl/α,β-unsaturated/α-hetero) is 12. The molecule has 1 aliphatic rings. The van der Waals surface area contributed by atoms with Crippen LogP contribution in [0, 0.1) is 11.8 Å². The van der Waals surface area contributed by atoms with Crippen LogP contribution in [0.15, 0.2) is 97.2 Å². The molecule has 0 aliphatic carbocycles. The van der Waals surface area contributed by atoms with Gasteiger partial charge in [-0.1, -0.05) is 120 Å². The molecular weight excluding hydrogens is 1930 g/mol. The first-order valence-electron chi connectivity index (χ1n) is 52.1. The largest absolute Gasteiger partial charge is 0.508 e. The third-order valence-corrected chi connectivity index (χ3v) is 26.7. The van der Waals surface area contributed by atoms with Gasteiger partial charge in [0.25, 0.3) is 0 Å². The Hall–Kier alpha value is -12.0. The average Bonchev–Trinajstić information content (AvgIpc) is 1.11. The van der Waals surface area contributed by atoms with E-state index in [0.29, 0.717) is 66.1 Å². The van der Waals surface area contributed by atoms with Crippen LogP contribution in [-0.2, 0) is 115 Å². The SMILES string of the molecule is CC(=O)N[C@@H](CC(C)C)C(=O)N[C@H](C(=O)C(=O)[C@H](Cc1ccccc1)NN[C@]1(C)CCCCCCC=CCCC[C@@](C)(C(=O)CN[C@@H](C)C(=O)CCN[C@@H](C)C(=O)CCN[C@@H](C)C(=O)CCN[C@@H](C)C(=O)CCC(=O)[C@H](C)NCN[C@H](C)C(N)=O)NC(=O)[C@H](CC(C)C)NC(=O)[C@H](CCC(N)=O)NCN[C@@H](C)C(=O)CC(=O)[C@H](Cc2c[nH]c3ccccc23)NN[C@@H](Cc2ccc(O)cc2)C(=O)N[C@@H](CCC(=O)O)C(=O)C1=O)[C@@H](C)O. The first-order valence-corrected chi connectivity index (χ1v) is 52.1. The van der Waals surface area contributed by atoms with E-state index in [1.807, 2.05) is 26.0 Å². The smallest absolute Gasteiger partial charge is 0.303 e. The number of hydrazine groups is 2. The number of rotatable bonds is 55. The summed E-state index contributed by atoms with van der Waals surface area (Å²) in [6, 6.07) is 3.91. The third-order valence-electron chi connectivity index (χ3n) is 26.7. The lowest BCUT2D eigenvalue weighted by atomic mass is 9.85. The first kappa shape index (κ1) is 128. The number of primary amides is 2. The molecule has 0 spiro atoms. The van der Waals surface area contributed by atoms with Gasteiger partial charge in [-0.05, 0) is 199 Å². The van der Waals surface area contributed by atoms with Gasteiger partial charge in [-0.2, -0.15) is 0 Å². The molecule has 830 valence electrons. The number of nitrogens with one attached hydrogen (secondary N) is 18. The van der Waals surface area contributed by atoms with Gasteiger partial charge in [0.05, 0.1) is 96.6 Å². The maximum absolute atomic E-state index is 15.7. The van der Waals surface area contributed by atoms with Gasteiger partial charge in [-0.3, -0.25) is 117 Å². The van der Waals surface area contributed by atoms with Crippen LogP contribution in [0.25, 0.3) is 10.9 Å². The van der Waals surface area contributed by atoms with Gasteiger partial charge in [0.2, 0.25) is 64.5 Å². The molecule has 3 aromatic carbocycles. The van der Waals surface area contributed by atoms with Crippen LogP contribution < -0.4 is 102 Å². The van der Waals surface area contributed by atoms with Crippen molar-refractivity contribution in [2.45, 2.75) is 366 Å². The number of hydrogen-bond acceptors (Lipinski definition) is 34. The number of aliphatic hydroxyl groups is 1. The molecule has 0 bridgehead atoms. The lowest BCUT2D eigenvalue weighted by molar-refractivity contribution is -0.144. The van der Waals surface area contributed by atoms with E-state index in [2.05, 4.69) is 95.8 Å². The van der Waals surface area contributed by atoms with Gasteiger partial charge in [-0.15, -0.1) is 0 Å². The summed E-state index contributed by atoms with van der Waals surface area (Å²) in [5, 5.41) is 69.9. The molecule has 1 aliphatic heterocycles. The number of allylic oxidation sites excluding steroid dienone is 2. The molecule has 25 N–H and O–H groups in total. The number of aliphatic carboxylic acids is 1. The molecule has 0 saturated carbocycles. The van der Waals surface area contributed by atoms with Crippen molar-refractivity contribution in [2.75, 3.05) is 39.5 Å². The lowest BCUT2D eigenvalue weighted by Gasteiger charge is -2.33. The fourth-order valence-corrected chi connectivity index (χ4v) is 16.8. The number of benzene rings is 3. The predicted octanol–water partition coefficient (Wildman–Crippen LogP) is 1.85. The number of aromatic nitrogens is 1. The Balaban J connectivity index is 1.45. The number of phenolic OH excluding ortho intramolecular Hbond substituents is 1. The number of hydrogen-bond donors (Lipinski definition) is 23. The fraction of sp³-hybridized carbons (Fsp3) is 0.607. The minimum Gasteiger partial charge on any atom is -0.508 e. The molecule has 5 rings (SSSR count). The Kier molecular flexibility index (Phi) is 56.5. The second-order valence-electron chi connectivity index (χ2n) is 40.6. The van der Waals surface area contributed by atoms with Gasteiger partial charge >= 0.3 is 5.97 Å². The van der Waals surface area contributed by atoms with Crippen LogP contribution in [0.1, 0.15) is 255 Å². The van der Waals surface area contributed by atoms with Crippen LogP contribution in [0.4, 0.5) is 0 Å². The molecular formula is C107H164N20O23. The minimum atomic E-state index is -2.09. The summed E-state index contributed by atoms with van der Waals surface area (Å²) in [5.74, 6) is -15.2. The van der Waals surface area contributed by atoms with Crippen molar-refractivity contribution in [3.8, 4) is 5.75 Å². The van der Waals surface area contributed by atoms with Crippen molar-refractivity contribution in [3.63, 3.8) is 0 Å². The molecule has 43 heteroatoms.